The molecule has 1 saturated carbocycles. The first-order valence-electron chi connectivity index (χ1n) is 8.90. The van der Waals surface area contributed by atoms with Crippen molar-refractivity contribution in [1.82, 2.24) is 0 Å². The summed E-state index contributed by atoms with van der Waals surface area (Å²) in [7, 11) is 0. The smallest absolute Gasteiger partial charge is 0.120 e. The van der Waals surface area contributed by atoms with Crippen molar-refractivity contribution in [3.8, 4) is 5.75 Å². The zero-order valence-corrected chi connectivity index (χ0v) is 14.8. The van der Waals surface area contributed by atoms with Gasteiger partial charge in [-0.2, -0.15) is 0 Å². The van der Waals surface area contributed by atoms with Gasteiger partial charge in [-0.05, 0) is 56.7 Å². The van der Waals surface area contributed by atoms with E-state index in [0.29, 0.717) is 5.92 Å². The Labute approximate surface area is 136 Å². The Balaban J connectivity index is 1.85. The summed E-state index contributed by atoms with van der Waals surface area (Å²) in [6.45, 7) is 8.52. The minimum atomic E-state index is -0.132. The molecular formula is C21H32O. The van der Waals surface area contributed by atoms with E-state index in [4.69, 9.17) is 4.74 Å². The molecule has 22 heavy (non-hydrogen) atoms. The first-order chi connectivity index (χ1) is 10.4. The normalized spacial score (nSPS) is 18.5. The molecule has 1 aliphatic carbocycles. The number of hydrogen-bond acceptors (Lipinski definition) is 1. The van der Waals surface area contributed by atoms with Gasteiger partial charge in [0.1, 0.15) is 11.4 Å². The van der Waals surface area contributed by atoms with Gasteiger partial charge in [0, 0.05) is 0 Å². The zero-order valence-electron chi connectivity index (χ0n) is 14.8. The predicted octanol–water partition coefficient (Wildman–Crippen LogP) is 6.49. The van der Waals surface area contributed by atoms with E-state index < -0.39 is 0 Å². The highest BCUT2D eigenvalue weighted by molar-refractivity contribution is 5.31. The van der Waals surface area contributed by atoms with E-state index >= 15 is 0 Å². The minimum Gasteiger partial charge on any atom is -0.488 e. The molecule has 0 radical (unpaired) electrons. The Kier molecular flexibility index (Phi) is 6.11. The standard InChI is InChI=1S/C21H32O/c1-17(9-8-12-18-10-6-5-7-11-18)19-13-15-20(16-14-19)22-21(2,3)4/h8-9,13-18H,5-7,10-12H2,1-4H3/b9-8+/t17-/m0/s1. The number of ether oxygens (including phenoxy) is 1. The Morgan fingerprint density at radius 1 is 1.09 bits per heavy atom. The summed E-state index contributed by atoms with van der Waals surface area (Å²) >= 11 is 0. The first kappa shape index (κ1) is 17.1. The molecular weight excluding hydrogens is 268 g/mol. The second-order valence-electron chi connectivity index (χ2n) is 7.74. The minimum absolute atomic E-state index is 0.132. The van der Waals surface area contributed by atoms with E-state index in [2.05, 4.69) is 64.1 Å². The molecule has 1 aromatic carbocycles. The quantitative estimate of drug-likeness (QED) is 0.564. The van der Waals surface area contributed by atoms with Gasteiger partial charge >= 0.3 is 0 Å². The second kappa shape index (κ2) is 7.85. The van der Waals surface area contributed by atoms with Crippen LogP contribution in [0.1, 0.15) is 77.7 Å². The van der Waals surface area contributed by atoms with Gasteiger partial charge in [0.15, 0.2) is 0 Å². The fourth-order valence-corrected chi connectivity index (χ4v) is 3.20. The molecule has 0 N–H and O–H groups in total. The van der Waals surface area contributed by atoms with E-state index in [1.165, 1.54) is 44.1 Å². The first-order valence-corrected chi connectivity index (χ1v) is 8.90. The van der Waals surface area contributed by atoms with Gasteiger partial charge in [-0.15, -0.1) is 0 Å². The average Bonchev–Trinajstić information content (AvgIpc) is 2.47. The molecule has 1 atom stereocenters. The molecule has 0 bridgehead atoms. The highest BCUT2D eigenvalue weighted by Gasteiger charge is 2.13. The summed E-state index contributed by atoms with van der Waals surface area (Å²) in [5.74, 6) is 2.36. The molecule has 1 nitrogen and oxygen atoms in total. The van der Waals surface area contributed by atoms with Crippen molar-refractivity contribution in [2.75, 3.05) is 0 Å². The van der Waals surface area contributed by atoms with Gasteiger partial charge < -0.3 is 4.74 Å². The average molecular weight is 300 g/mol. The number of benzene rings is 1. The van der Waals surface area contributed by atoms with Gasteiger partial charge in [-0.1, -0.05) is 63.3 Å². The third-order valence-electron chi connectivity index (χ3n) is 4.45. The van der Waals surface area contributed by atoms with Crippen molar-refractivity contribution < 1.29 is 4.74 Å². The Morgan fingerprint density at radius 2 is 1.73 bits per heavy atom. The van der Waals surface area contributed by atoms with Crippen molar-refractivity contribution in [3.05, 3.63) is 42.0 Å². The van der Waals surface area contributed by atoms with Gasteiger partial charge in [-0.3, -0.25) is 0 Å². The van der Waals surface area contributed by atoms with Crippen LogP contribution in [0.3, 0.4) is 0 Å². The molecule has 1 heteroatoms. The maximum atomic E-state index is 5.88. The van der Waals surface area contributed by atoms with Crippen LogP contribution in [0.2, 0.25) is 0 Å². The monoisotopic (exact) mass is 300 g/mol. The highest BCUT2D eigenvalue weighted by Crippen LogP contribution is 2.27. The van der Waals surface area contributed by atoms with Crippen LogP contribution in [0, 0.1) is 5.92 Å². The van der Waals surface area contributed by atoms with Gasteiger partial charge in [0.05, 0.1) is 0 Å². The number of hydrogen-bond donors (Lipinski definition) is 0. The molecule has 0 aromatic heterocycles. The van der Waals surface area contributed by atoms with E-state index in [9.17, 15) is 0 Å². The van der Waals surface area contributed by atoms with E-state index in [0.717, 1.165) is 11.7 Å². The Morgan fingerprint density at radius 3 is 2.32 bits per heavy atom. The SMILES string of the molecule is C[C@@H](/C=C/CC1CCCCC1)c1ccc(OC(C)(C)C)cc1. The lowest BCUT2D eigenvalue weighted by molar-refractivity contribution is 0.131. The molecule has 0 aliphatic heterocycles. The fraction of sp³-hybridized carbons (Fsp3) is 0.619. The lowest BCUT2D eigenvalue weighted by Gasteiger charge is -2.21. The summed E-state index contributed by atoms with van der Waals surface area (Å²) in [6.07, 6.45) is 13.2. The van der Waals surface area contributed by atoms with Gasteiger partial charge in [0.25, 0.3) is 0 Å². The third-order valence-corrected chi connectivity index (χ3v) is 4.45. The summed E-state index contributed by atoms with van der Waals surface area (Å²) in [5, 5.41) is 0. The topological polar surface area (TPSA) is 9.23 Å². The summed E-state index contributed by atoms with van der Waals surface area (Å²) in [5.41, 5.74) is 1.23. The maximum Gasteiger partial charge on any atom is 0.120 e. The highest BCUT2D eigenvalue weighted by atomic mass is 16.5. The molecule has 1 aromatic rings. The van der Waals surface area contributed by atoms with Gasteiger partial charge in [0.2, 0.25) is 0 Å². The zero-order chi connectivity index (χ0) is 16.0. The molecule has 2 rings (SSSR count). The number of rotatable bonds is 5. The van der Waals surface area contributed by atoms with Crippen molar-refractivity contribution in [2.45, 2.75) is 77.7 Å². The summed E-state index contributed by atoms with van der Waals surface area (Å²) in [6, 6.07) is 8.56. The molecule has 0 amide bonds. The van der Waals surface area contributed by atoms with Crippen LogP contribution in [0.4, 0.5) is 0 Å². The molecule has 1 aliphatic rings. The van der Waals surface area contributed by atoms with Crippen molar-refractivity contribution in [2.24, 2.45) is 5.92 Å². The van der Waals surface area contributed by atoms with E-state index in [1.54, 1.807) is 0 Å². The van der Waals surface area contributed by atoms with Crippen LogP contribution in [0.25, 0.3) is 0 Å². The predicted molar refractivity (Wildman–Crippen MR) is 95.6 cm³/mol. The third kappa shape index (κ3) is 5.87. The fourth-order valence-electron chi connectivity index (χ4n) is 3.20. The molecule has 1 fully saturated rings. The molecule has 0 spiro atoms. The van der Waals surface area contributed by atoms with E-state index in [1.807, 2.05) is 0 Å². The lowest BCUT2D eigenvalue weighted by Crippen LogP contribution is -2.22. The van der Waals surface area contributed by atoms with Crippen LogP contribution in [-0.2, 0) is 0 Å². The van der Waals surface area contributed by atoms with Crippen molar-refractivity contribution in [3.63, 3.8) is 0 Å². The molecule has 0 unspecified atom stereocenters. The Hall–Kier alpha value is -1.24. The van der Waals surface area contributed by atoms with Crippen molar-refractivity contribution in [1.29, 1.82) is 0 Å². The van der Waals surface area contributed by atoms with Crippen LogP contribution < -0.4 is 4.74 Å². The lowest BCUT2D eigenvalue weighted by atomic mass is 9.86. The van der Waals surface area contributed by atoms with Gasteiger partial charge in [-0.25, -0.2) is 0 Å². The summed E-state index contributed by atoms with van der Waals surface area (Å²) in [4.78, 5) is 0. The van der Waals surface area contributed by atoms with Crippen LogP contribution in [0.5, 0.6) is 5.75 Å². The largest absolute Gasteiger partial charge is 0.488 e. The molecule has 0 heterocycles. The van der Waals surface area contributed by atoms with Crippen LogP contribution in [0.15, 0.2) is 36.4 Å². The van der Waals surface area contributed by atoms with E-state index in [-0.39, 0.29) is 5.60 Å². The van der Waals surface area contributed by atoms with Crippen LogP contribution in [-0.4, -0.2) is 5.60 Å². The summed E-state index contributed by atoms with van der Waals surface area (Å²) < 4.78 is 5.88. The Bertz CT molecular complexity index is 458. The molecule has 0 saturated heterocycles. The second-order valence-corrected chi connectivity index (χ2v) is 7.74. The molecule has 122 valence electrons. The van der Waals surface area contributed by atoms with Crippen LogP contribution >= 0.6 is 0 Å². The maximum absolute atomic E-state index is 5.88. The number of allylic oxidation sites excluding steroid dienone is 2. The van der Waals surface area contributed by atoms with Crippen molar-refractivity contribution >= 4 is 0 Å².